The van der Waals surface area contributed by atoms with E-state index in [0.29, 0.717) is 30.1 Å². The minimum absolute atomic E-state index is 0.0385. The zero-order valence-electron chi connectivity index (χ0n) is 19.6. The number of amides is 3. The van der Waals surface area contributed by atoms with Gasteiger partial charge in [0.25, 0.3) is 5.91 Å². The maximum Gasteiger partial charge on any atom is 0.251 e. The Balaban J connectivity index is 1.48. The number of nitrogens with one attached hydrogen (secondary N) is 2. The lowest BCUT2D eigenvalue weighted by Gasteiger charge is -2.34. The van der Waals surface area contributed by atoms with E-state index in [9.17, 15) is 14.4 Å². The maximum atomic E-state index is 13.8. The largest absolute Gasteiger partial charge is 0.350 e. The third-order valence-electron chi connectivity index (χ3n) is 7.00. The number of hydrogen-bond acceptors (Lipinski definition) is 3. The van der Waals surface area contributed by atoms with Crippen molar-refractivity contribution >= 4 is 40.9 Å². The van der Waals surface area contributed by atoms with Crippen molar-refractivity contribution in [1.82, 2.24) is 15.5 Å². The number of hydrogen-bond donors (Lipinski definition) is 2. The molecule has 2 N–H and O–H groups in total. The molecule has 1 aliphatic carbocycles. The normalized spacial score (nSPS) is 19.3. The first kappa shape index (κ1) is 25.5. The lowest BCUT2D eigenvalue weighted by molar-refractivity contribution is -0.141. The van der Waals surface area contributed by atoms with Crippen LogP contribution in [0.2, 0.25) is 10.0 Å². The summed E-state index contributed by atoms with van der Waals surface area (Å²) in [6, 6.07) is 13.2. The Morgan fingerprint density at radius 2 is 1.66 bits per heavy atom. The van der Waals surface area contributed by atoms with Crippen LogP contribution in [0.3, 0.4) is 0 Å². The molecule has 1 saturated carbocycles. The van der Waals surface area contributed by atoms with E-state index in [1.807, 2.05) is 30.3 Å². The number of carbonyl (C=O) groups is 3. The van der Waals surface area contributed by atoms with Crippen molar-refractivity contribution in [2.45, 2.75) is 63.6 Å². The van der Waals surface area contributed by atoms with Gasteiger partial charge in [-0.2, -0.15) is 0 Å². The number of carbonyl (C=O) groups excluding carboxylic acids is 3. The third-order valence-corrected chi connectivity index (χ3v) is 7.74. The van der Waals surface area contributed by atoms with Gasteiger partial charge in [0.05, 0.1) is 10.0 Å². The average Bonchev–Trinajstić information content (AvgIpc) is 3.38. The molecule has 1 saturated heterocycles. The van der Waals surface area contributed by atoms with Gasteiger partial charge in [0.15, 0.2) is 0 Å². The highest BCUT2D eigenvalue weighted by molar-refractivity contribution is 6.42. The molecule has 3 amide bonds. The Morgan fingerprint density at radius 3 is 2.37 bits per heavy atom. The molecule has 2 aliphatic rings. The fourth-order valence-corrected chi connectivity index (χ4v) is 5.39. The molecule has 4 rings (SSSR count). The topological polar surface area (TPSA) is 78.5 Å². The van der Waals surface area contributed by atoms with Crippen molar-refractivity contribution in [2.24, 2.45) is 5.92 Å². The summed E-state index contributed by atoms with van der Waals surface area (Å²) in [7, 11) is 0. The van der Waals surface area contributed by atoms with Gasteiger partial charge in [0.2, 0.25) is 11.8 Å². The first-order valence-electron chi connectivity index (χ1n) is 12.3. The molecule has 2 fully saturated rings. The monoisotopic (exact) mass is 515 g/mol. The van der Waals surface area contributed by atoms with Crippen molar-refractivity contribution in [3.63, 3.8) is 0 Å². The van der Waals surface area contributed by atoms with Gasteiger partial charge in [-0.3, -0.25) is 14.4 Å². The first-order chi connectivity index (χ1) is 16.9. The fourth-order valence-electron chi connectivity index (χ4n) is 5.10. The van der Waals surface area contributed by atoms with Gasteiger partial charge in [-0.15, -0.1) is 0 Å². The Hall–Kier alpha value is -2.57. The van der Waals surface area contributed by atoms with Gasteiger partial charge in [0.1, 0.15) is 12.1 Å². The van der Waals surface area contributed by atoms with Crippen LogP contribution in [-0.2, 0) is 16.1 Å². The summed E-state index contributed by atoms with van der Waals surface area (Å²) in [5, 5.41) is 6.61. The molecule has 2 aromatic rings. The van der Waals surface area contributed by atoms with Gasteiger partial charge in [-0.25, -0.2) is 0 Å². The average molecular weight is 516 g/mol. The van der Waals surface area contributed by atoms with Gasteiger partial charge in [-0.05, 0) is 55.4 Å². The van der Waals surface area contributed by atoms with Crippen molar-refractivity contribution in [3.8, 4) is 0 Å². The molecule has 0 spiro atoms. The summed E-state index contributed by atoms with van der Waals surface area (Å²) in [4.78, 5) is 41.6. The minimum atomic E-state index is -0.681. The highest BCUT2D eigenvalue weighted by Gasteiger charge is 2.40. The lowest BCUT2D eigenvalue weighted by Crippen LogP contribution is -2.56. The zero-order valence-corrected chi connectivity index (χ0v) is 21.2. The number of likely N-dealkylation sites (tertiary alicyclic amines) is 1. The summed E-state index contributed by atoms with van der Waals surface area (Å²) in [5.74, 6) is -0.658. The van der Waals surface area contributed by atoms with Crippen LogP contribution in [0.5, 0.6) is 0 Å². The highest BCUT2D eigenvalue weighted by atomic mass is 35.5. The Kier molecular flexibility index (Phi) is 8.69. The summed E-state index contributed by atoms with van der Waals surface area (Å²) in [6.07, 6.45) is 6.30. The quantitative estimate of drug-likeness (QED) is 0.545. The van der Waals surface area contributed by atoms with Crippen molar-refractivity contribution < 1.29 is 14.4 Å². The highest BCUT2D eigenvalue weighted by Crippen LogP contribution is 2.30. The minimum Gasteiger partial charge on any atom is -0.350 e. The molecule has 6 nitrogen and oxygen atoms in total. The fraction of sp³-hybridized carbons (Fsp3) is 0.444. The molecule has 2 atom stereocenters. The second kappa shape index (κ2) is 11.9. The zero-order chi connectivity index (χ0) is 24.8. The summed E-state index contributed by atoms with van der Waals surface area (Å²) < 4.78 is 0. The maximum absolute atomic E-state index is 13.8. The second-order valence-electron chi connectivity index (χ2n) is 9.37. The Morgan fingerprint density at radius 1 is 0.914 bits per heavy atom. The molecule has 0 bridgehead atoms. The summed E-state index contributed by atoms with van der Waals surface area (Å²) in [6.45, 7) is 0.923. The third kappa shape index (κ3) is 6.36. The smallest absolute Gasteiger partial charge is 0.251 e. The van der Waals surface area contributed by atoms with Crippen LogP contribution in [0.15, 0.2) is 48.5 Å². The molecule has 1 aliphatic heterocycles. The van der Waals surface area contributed by atoms with Crippen LogP contribution in [0, 0.1) is 5.92 Å². The second-order valence-corrected chi connectivity index (χ2v) is 10.2. The number of nitrogens with zero attached hydrogens (tertiary/aromatic N) is 1. The van der Waals surface area contributed by atoms with Crippen LogP contribution in [0.25, 0.3) is 0 Å². The molecule has 0 unspecified atom stereocenters. The summed E-state index contributed by atoms with van der Waals surface area (Å²) >= 11 is 12.1. The van der Waals surface area contributed by atoms with Crippen molar-refractivity contribution in [2.75, 3.05) is 6.54 Å². The molecular weight excluding hydrogens is 485 g/mol. The van der Waals surface area contributed by atoms with E-state index in [0.717, 1.165) is 44.1 Å². The van der Waals surface area contributed by atoms with Gasteiger partial charge < -0.3 is 15.5 Å². The molecule has 2 aromatic carbocycles. The molecular formula is C27H31Cl2N3O3. The van der Waals surface area contributed by atoms with Crippen molar-refractivity contribution in [1.29, 1.82) is 0 Å². The van der Waals surface area contributed by atoms with Crippen LogP contribution < -0.4 is 10.6 Å². The molecule has 1 heterocycles. The predicted molar refractivity (Wildman–Crippen MR) is 137 cm³/mol. The van der Waals surface area contributed by atoms with Crippen LogP contribution in [-0.4, -0.2) is 41.2 Å². The van der Waals surface area contributed by atoms with Gasteiger partial charge in [0, 0.05) is 18.7 Å². The number of benzene rings is 2. The van der Waals surface area contributed by atoms with Crippen LogP contribution in [0.4, 0.5) is 0 Å². The Bertz CT molecular complexity index is 1060. The van der Waals surface area contributed by atoms with E-state index >= 15 is 0 Å². The standard InChI is InChI=1S/C27H31Cl2N3O3/c28-21-14-13-20(16-22(21)29)25(33)31-24(19-10-5-2-6-11-19)27(35)32-15-7-12-23(32)26(34)30-17-18-8-3-1-4-9-18/h1,3-4,8-9,13-14,16,19,23-24H,2,5-7,10-12,15,17H2,(H,30,34)(H,31,33)/t23-,24-/m0/s1. The summed E-state index contributed by atoms with van der Waals surface area (Å²) in [5.41, 5.74) is 1.36. The molecule has 8 heteroatoms. The lowest BCUT2D eigenvalue weighted by atomic mass is 9.83. The Labute approximate surface area is 216 Å². The SMILES string of the molecule is O=C(N[C@H](C(=O)N1CCC[C@H]1C(=O)NCc1ccccc1)C1CCCCC1)c1ccc(Cl)c(Cl)c1. The van der Waals surface area contributed by atoms with Crippen molar-refractivity contribution in [3.05, 3.63) is 69.7 Å². The predicted octanol–water partition coefficient (Wildman–Crippen LogP) is 4.98. The van der Waals surface area contributed by atoms with E-state index in [2.05, 4.69) is 10.6 Å². The van der Waals surface area contributed by atoms with E-state index in [-0.39, 0.29) is 28.7 Å². The van der Waals surface area contributed by atoms with Crippen LogP contribution in [0.1, 0.15) is 60.9 Å². The first-order valence-corrected chi connectivity index (χ1v) is 13.1. The van der Waals surface area contributed by atoms with Gasteiger partial charge in [-0.1, -0.05) is 72.8 Å². The van der Waals surface area contributed by atoms with Gasteiger partial charge >= 0.3 is 0 Å². The van der Waals surface area contributed by atoms with E-state index in [1.54, 1.807) is 17.0 Å². The van der Waals surface area contributed by atoms with E-state index in [4.69, 9.17) is 23.2 Å². The van der Waals surface area contributed by atoms with Crippen LogP contribution >= 0.6 is 23.2 Å². The molecule has 35 heavy (non-hydrogen) atoms. The molecule has 0 radical (unpaired) electrons. The number of rotatable bonds is 7. The molecule has 0 aromatic heterocycles. The van der Waals surface area contributed by atoms with E-state index < -0.39 is 12.1 Å². The number of halogens is 2. The van der Waals surface area contributed by atoms with E-state index in [1.165, 1.54) is 6.07 Å². The molecule has 186 valence electrons.